The zero-order valence-electron chi connectivity index (χ0n) is 13.2. The molecule has 0 aliphatic heterocycles. The molecule has 1 aliphatic rings. The number of carbonyl (C=O) groups is 1. The van der Waals surface area contributed by atoms with Crippen molar-refractivity contribution in [2.24, 2.45) is 5.92 Å². The lowest BCUT2D eigenvalue weighted by molar-refractivity contribution is -0.137. The van der Waals surface area contributed by atoms with Gasteiger partial charge in [-0.2, -0.15) is 18.3 Å². The van der Waals surface area contributed by atoms with Crippen molar-refractivity contribution in [3.05, 3.63) is 42.2 Å². The normalized spacial score (nSPS) is 14.0. The van der Waals surface area contributed by atoms with E-state index in [1.54, 1.807) is 0 Å². The molecule has 0 bridgehead atoms. The Labute approximate surface area is 149 Å². The van der Waals surface area contributed by atoms with Gasteiger partial charge in [-0.1, -0.05) is 6.07 Å². The number of carbonyl (C=O) groups excluding carboxylic acids is 1. The number of amides is 1. The van der Waals surface area contributed by atoms with Crippen LogP contribution in [-0.2, 0) is 11.0 Å². The third kappa shape index (κ3) is 5.47. The summed E-state index contributed by atoms with van der Waals surface area (Å²) in [5.41, 5.74) is -0.0341. The van der Waals surface area contributed by atoms with Gasteiger partial charge in [-0.05, 0) is 43.5 Å². The number of anilines is 1. The van der Waals surface area contributed by atoms with Crippen LogP contribution in [0.3, 0.4) is 0 Å². The van der Waals surface area contributed by atoms with Gasteiger partial charge in [0.05, 0.1) is 35.9 Å². The van der Waals surface area contributed by atoms with Crippen LogP contribution in [0.2, 0.25) is 0 Å². The number of nitrogens with zero attached hydrogens (tertiary/aromatic N) is 2. The van der Waals surface area contributed by atoms with E-state index in [2.05, 4.69) is 15.7 Å². The second-order valence-corrected chi connectivity index (χ2v) is 5.84. The highest BCUT2D eigenvalue weighted by molar-refractivity contribution is 5.92. The van der Waals surface area contributed by atoms with Crippen LogP contribution in [0.1, 0.15) is 18.4 Å². The molecule has 1 saturated carbocycles. The number of nitrogens with one attached hydrogen (secondary N) is 2. The molecule has 1 fully saturated rings. The highest BCUT2D eigenvalue weighted by atomic mass is 35.5. The lowest BCUT2D eigenvalue weighted by Gasteiger charge is -2.08. The van der Waals surface area contributed by atoms with Crippen LogP contribution in [0.5, 0.6) is 0 Å². The van der Waals surface area contributed by atoms with Crippen molar-refractivity contribution in [1.29, 1.82) is 0 Å². The van der Waals surface area contributed by atoms with Gasteiger partial charge in [-0.25, -0.2) is 4.68 Å². The van der Waals surface area contributed by atoms with Gasteiger partial charge in [-0.15, -0.1) is 12.4 Å². The number of hydrogen-bond acceptors (Lipinski definition) is 3. The monoisotopic (exact) mass is 374 g/mol. The molecule has 2 aromatic rings. The summed E-state index contributed by atoms with van der Waals surface area (Å²) in [6.07, 6.45) is 0.886. The summed E-state index contributed by atoms with van der Waals surface area (Å²) in [6.45, 7) is 1.03. The average Bonchev–Trinajstić information content (AvgIpc) is 3.23. The Hall–Kier alpha value is -2.06. The van der Waals surface area contributed by atoms with E-state index in [0.717, 1.165) is 18.7 Å². The van der Waals surface area contributed by atoms with Crippen LogP contribution >= 0.6 is 12.4 Å². The topological polar surface area (TPSA) is 59.0 Å². The molecule has 3 rings (SSSR count). The first kappa shape index (κ1) is 19.3. The van der Waals surface area contributed by atoms with E-state index in [1.807, 2.05) is 0 Å². The van der Waals surface area contributed by atoms with E-state index in [4.69, 9.17) is 0 Å². The summed E-state index contributed by atoms with van der Waals surface area (Å²) < 4.78 is 39.5. The van der Waals surface area contributed by atoms with Crippen molar-refractivity contribution >= 4 is 24.0 Å². The summed E-state index contributed by atoms with van der Waals surface area (Å²) >= 11 is 0. The number of hydrogen-bond donors (Lipinski definition) is 2. The second kappa shape index (κ2) is 7.88. The highest BCUT2D eigenvalue weighted by Crippen LogP contribution is 2.30. The molecule has 25 heavy (non-hydrogen) atoms. The molecule has 0 radical (unpaired) electrons. The molecule has 0 atom stereocenters. The fraction of sp³-hybridized carbons (Fsp3) is 0.375. The second-order valence-electron chi connectivity index (χ2n) is 5.84. The molecule has 1 aromatic heterocycles. The predicted molar refractivity (Wildman–Crippen MR) is 90.0 cm³/mol. The van der Waals surface area contributed by atoms with Crippen molar-refractivity contribution in [2.45, 2.75) is 19.0 Å². The molecule has 0 saturated heterocycles. The third-order valence-electron chi connectivity index (χ3n) is 3.72. The maximum atomic E-state index is 12.7. The average molecular weight is 375 g/mol. The van der Waals surface area contributed by atoms with Gasteiger partial charge in [-0.3, -0.25) is 4.79 Å². The van der Waals surface area contributed by atoms with Gasteiger partial charge in [0, 0.05) is 0 Å². The molecular formula is C16H18ClF3N4O. The van der Waals surface area contributed by atoms with Crippen molar-refractivity contribution in [1.82, 2.24) is 15.1 Å². The Balaban J connectivity index is 0.00000225. The summed E-state index contributed by atoms with van der Waals surface area (Å²) in [5.74, 6) is 0.473. The first-order chi connectivity index (χ1) is 11.4. The van der Waals surface area contributed by atoms with Crippen LogP contribution in [-0.4, -0.2) is 28.8 Å². The number of halogens is 4. The Bertz CT molecular complexity index is 728. The van der Waals surface area contributed by atoms with E-state index in [0.29, 0.717) is 11.6 Å². The first-order valence-electron chi connectivity index (χ1n) is 7.65. The van der Waals surface area contributed by atoms with Gasteiger partial charge in [0.1, 0.15) is 0 Å². The Morgan fingerprint density at radius 3 is 2.76 bits per heavy atom. The minimum absolute atomic E-state index is 0. The van der Waals surface area contributed by atoms with Crippen LogP contribution in [0, 0.1) is 5.92 Å². The highest BCUT2D eigenvalue weighted by Gasteiger charge is 2.30. The molecular weight excluding hydrogens is 357 g/mol. The van der Waals surface area contributed by atoms with Gasteiger partial charge < -0.3 is 10.6 Å². The lowest BCUT2D eigenvalue weighted by atomic mass is 10.2. The molecule has 5 nitrogen and oxygen atoms in total. The van der Waals surface area contributed by atoms with Gasteiger partial charge in [0.2, 0.25) is 5.91 Å². The van der Waals surface area contributed by atoms with E-state index in [1.165, 1.54) is 42.0 Å². The maximum absolute atomic E-state index is 12.7. The number of benzene rings is 1. The fourth-order valence-corrected chi connectivity index (χ4v) is 2.27. The first-order valence-corrected chi connectivity index (χ1v) is 7.65. The van der Waals surface area contributed by atoms with E-state index in [-0.39, 0.29) is 30.5 Å². The number of rotatable bonds is 6. The Morgan fingerprint density at radius 2 is 2.08 bits per heavy atom. The Morgan fingerprint density at radius 1 is 1.32 bits per heavy atom. The lowest BCUT2D eigenvalue weighted by Crippen LogP contribution is -2.29. The van der Waals surface area contributed by atoms with Crippen LogP contribution in [0.4, 0.5) is 18.9 Å². The molecule has 1 amide bonds. The molecule has 2 N–H and O–H groups in total. The molecule has 1 heterocycles. The molecule has 136 valence electrons. The van der Waals surface area contributed by atoms with Crippen molar-refractivity contribution < 1.29 is 18.0 Å². The smallest absolute Gasteiger partial charge is 0.322 e. The van der Waals surface area contributed by atoms with E-state index >= 15 is 0 Å². The Kier molecular flexibility index (Phi) is 6.07. The molecule has 1 aromatic carbocycles. The summed E-state index contributed by atoms with van der Waals surface area (Å²) in [7, 11) is 0. The van der Waals surface area contributed by atoms with Crippen LogP contribution in [0.25, 0.3) is 5.69 Å². The predicted octanol–water partition coefficient (Wildman–Crippen LogP) is 3.25. The molecule has 1 aliphatic carbocycles. The summed E-state index contributed by atoms with van der Waals surface area (Å²) in [6, 6.07) is 4.85. The molecule has 0 unspecified atom stereocenters. The standard InChI is InChI=1S/C16H17F3N4O.ClH/c17-16(18,19)12-2-1-3-14(6-12)23-10-13(8-21-23)22-15(24)9-20-7-11-4-5-11;/h1-3,6,8,10-11,20H,4-5,7,9H2,(H,22,24);1H. The quantitative estimate of drug-likeness (QED) is 0.816. The minimum Gasteiger partial charge on any atom is -0.322 e. The van der Waals surface area contributed by atoms with Crippen LogP contribution < -0.4 is 10.6 Å². The zero-order chi connectivity index (χ0) is 17.2. The number of alkyl halides is 3. The van der Waals surface area contributed by atoms with Gasteiger partial charge >= 0.3 is 6.18 Å². The van der Waals surface area contributed by atoms with E-state index in [9.17, 15) is 18.0 Å². The van der Waals surface area contributed by atoms with Crippen LogP contribution in [0.15, 0.2) is 36.7 Å². The van der Waals surface area contributed by atoms with Crippen molar-refractivity contribution in [3.8, 4) is 5.69 Å². The van der Waals surface area contributed by atoms with Gasteiger partial charge in [0.25, 0.3) is 0 Å². The number of aromatic nitrogens is 2. The SMILES string of the molecule is Cl.O=C(CNCC1CC1)Nc1cnn(-c2cccc(C(F)(F)F)c2)c1. The molecule has 9 heteroatoms. The minimum atomic E-state index is -4.41. The van der Waals surface area contributed by atoms with Gasteiger partial charge in [0.15, 0.2) is 0 Å². The third-order valence-corrected chi connectivity index (χ3v) is 3.72. The summed E-state index contributed by atoms with van der Waals surface area (Å²) in [4.78, 5) is 11.8. The van der Waals surface area contributed by atoms with Crippen molar-refractivity contribution in [3.63, 3.8) is 0 Å². The molecule has 0 spiro atoms. The zero-order valence-corrected chi connectivity index (χ0v) is 14.0. The maximum Gasteiger partial charge on any atom is 0.416 e. The fourth-order valence-electron chi connectivity index (χ4n) is 2.27. The van der Waals surface area contributed by atoms with E-state index < -0.39 is 11.7 Å². The van der Waals surface area contributed by atoms with Crippen molar-refractivity contribution in [2.75, 3.05) is 18.4 Å². The largest absolute Gasteiger partial charge is 0.416 e. The summed E-state index contributed by atoms with van der Waals surface area (Å²) in [5, 5.41) is 9.73.